The van der Waals surface area contributed by atoms with E-state index in [0.29, 0.717) is 0 Å². The first-order valence-corrected chi connectivity index (χ1v) is 10.3. The van der Waals surface area contributed by atoms with Gasteiger partial charge in [-0.15, -0.1) is 0 Å². The maximum atomic E-state index is 8.25. The lowest BCUT2D eigenvalue weighted by molar-refractivity contribution is -0.403. The number of benzene rings is 2. The lowest BCUT2D eigenvalue weighted by Gasteiger charge is -1.96. The maximum absolute atomic E-state index is 8.25. The molecule has 0 aliphatic rings. The van der Waals surface area contributed by atoms with Gasteiger partial charge in [0.1, 0.15) is 11.0 Å². The highest BCUT2D eigenvalue weighted by Crippen LogP contribution is 2.19. The Labute approximate surface area is 202 Å². The van der Waals surface area contributed by atoms with Crippen LogP contribution in [0.3, 0.4) is 0 Å². The number of H-pyrrole nitrogens is 2. The van der Waals surface area contributed by atoms with Crippen molar-refractivity contribution in [3.8, 4) is 0 Å². The largest absolute Gasteiger partial charge is 0.356 e. The number of nitrogens with zero attached hydrogens (tertiary/aromatic N) is 4. The standard InChI is InChI=1S/2C12H8N2.2NO3/c2*1-3-9-5-6-10-4-2-8-14-12(10)11(9)13-7-1;2*2-1(3)4/h2*1-8H;;/q;;2*-1/p+2. The van der Waals surface area contributed by atoms with Gasteiger partial charge in [-0.05, 0) is 36.4 Å². The van der Waals surface area contributed by atoms with Crippen LogP contribution in [0.2, 0.25) is 0 Å². The van der Waals surface area contributed by atoms with E-state index in [4.69, 9.17) is 30.6 Å². The van der Waals surface area contributed by atoms with E-state index in [1.807, 2.05) is 49.1 Å². The molecule has 0 atom stereocenters. The Morgan fingerprint density at radius 3 is 1.25 bits per heavy atom. The SMILES string of the molecule is O=[N+]([O-])[O-].O=[N+]([O-])[O-].c1cnc2c(c1)ccc1ccc[nH+]c12.c1cnc2c(c1)ccc1ccc[nH+]c12. The van der Waals surface area contributed by atoms with Gasteiger partial charge in [0.2, 0.25) is 11.0 Å². The Morgan fingerprint density at radius 1 is 0.528 bits per heavy atom. The molecule has 0 spiro atoms. The molecular formula is C24H18N6O6. The molecular weight excluding hydrogens is 468 g/mol. The van der Waals surface area contributed by atoms with Gasteiger partial charge in [-0.2, -0.15) is 0 Å². The van der Waals surface area contributed by atoms with Crippen LogP contribution in [0.1, 0.15) is 0 Å². The topological polar surface area (TPSA) is 186 Å². The number of rotatable bonds is 0. The summed E-state index contributed by atoms with van der Waals surface area (Å²) < 4.78 is 0. The van der Waals surface area contributed by atoms with E-state index in [1.165, 1.54) is 21.5 Å². The Balaban J connectivity index is 0.000000156. The first-order valence-electron chi connectivity index (χ1n) is 10.3. The predicted octanol–water partition coefficient (Wildman–Crippen LogP) is 3.93. The average molecular weight is 486 g/mol. The van der Waals surface area contributed by atoms with Gasteiger partial charge in [-0.3, -0.25) is 0 Å². The summed E-state index contributed by atoms with van der Waals surface area (Å²) in [5.74, 6) is 0. The summed E-state index contributed by atoms with van der Waals surface area (Å²) in [6.07, 6.45) is 7.50. The summed E-state index contributed by atoms with van der Waals surface area (Å²) in [7, 11) is 0. The molecule has 6 aromatic rings. The van der Waals surface area contributed by atoms with Crippen molar-refractivity contribution in [2.45, 2.75) is 0 Å². The van der Waals surface area contributed by atoms with Crippen LogP contribution in [0.15, 0.2) is 97.6 Å². The highest BCUT2D eigenvalue weighted by molar-refractivity contribution is 6.01. The highest BCUT2D eigenvalue weighted by Gasteiger charge is 2.06. The van der Waals surface area contributed by atoms with Crippen molar-refractivity contribution < 1.29 is 20.1 Å². The van der Waals surface area contributed by atoms with E-state index in [-0.39, 0.29) is 0 Å². The summed E-state index contributed by atoms with van der Waals surface area (Å²) in [6, 6.07) is 24.6. The van der Waals surface area contributed by atoms with Crippen molar-refractivity contribution >= 4 is 43.6 Å². The summed E-state index contributed by atoms with van der Waals surface area (Å²) in [6.45, 7) is 0. The van der Waals surface area contributed by atoms with Gasteiger partial charge in [-0.1, -0.05) is 24.3 Å². The number of hydrogen-bond acceptors (Lipinski definition) is 8. The fraction of sp³-hybridized carbons (Fsp3) is 0. The Morgan fingerprint density at radius 2 is 0.861 bits per heavy atom. The number of hydrogen-bond donors (Lipinski definition) is 0. The normalized spacial score (nSPS) is 9.78. The van der Waals surface area contributed by atoms with Crippen LogP contribution in [0.4, 0.5) is 0 Å². The third-order valence-corrected chi connectivity index (χ3v) is 4.81. The smallest absolute Gasteiger partial charge is 0.237 e. The van der Waals surface area contributed by atoms with Gasteiger partial charge in [0.25, 0.3) is 0 Å². The first-order chi connectivity index (χ1) is 17.4. The second-order valence-electron chi connectivity index (χ2n) is 7.00. The van der Waals surface area contributed by atoms with Crippen LogP contribution >= 0.6 is 0 Å². The molecule has 0 saturated heterocycles. The van der Waals surface area contributed by atoms with Crippen molar-refractivity contribution in [1.29, 1.82) is 0 Å². The van der Waals surface area contributed by atoms with E-state index in [9.17, 15) is 0 Å². The molecule has 12 heteroatoms. The zero-order valence-corrected chi connectivity index (χ0v) is 18.5. The van der Waals surface area contributed by atoms with E-state index in [2.05, 4.69) is 68.5 Å². The van der Waals surface area contributed by atoms with Crippen LogP contribution < -0.4 is 9.97 Å². The highest BCUT2D eigenvalue weighted by atomic mass is 16.9. The summed E-state index contributed by atoms with van der Waals surface area (Å²) in [5, 5.41) is 34.2. The van der Waals surface area contributed by atoms with Gasteiger partial charge in [-0.25, -0.2) is 19.9 Å². The molecule has 2 N–H and O–H groups in total. The number of nitrogens with one attached hydrogen (secondary N) is 2. The van der Waals surface area contributed by atoms with Crippen molar-refractivity contribution in [2.75, 3.05) is 0 Å². The predicted molar refractivity (Wildman–Crippen MR) is 132 cm³/mol. The molecule has 4 aromatic heterocycles. The summed E-state index contributed by atoms with van der Waals surface area (Å²) in [5.41, 5.74) is 4.27. The molecule has 36 heavy (non-hydrogen) atoms. The van der Waals surface area contributed by atoms with E-state index in [0.717, 1.165) is 22.1 Å². The second kappa shape index (κ2) is 12.1. The number of aromatic amines is 2. The fourth-order valence-corrected chi connectivity index (χ4v) is 3.47. The van der Waals surface area contributed by atoms with Gasteiger partial charge in [0.05, 0.1) is 10.2 Å². The van der Waals surface area contributed by atoms with Crippen molar-refractivity contribution in [2.24, 2.45) is 0 Å². The summed E-state index contributed by atoms with van der Waals surface area (Å²) >= 11 is 0. The molecule has 0 radical (unpaired) electrons. The van der Waals surface area contributed by atoms with Crippen LogP contribution in [-0.4, -0.2) is 20.1 Å². The van der Waals surface area contributed by atoms with E-state index >= 15 is 0 Å². The number of pyridine rings is 4. The molecule has 12 nitrogen and oxygen atoms in total. The molecule has 0 unspecified atom stereocenters. The molecule has 0 amide bonds. The molecule has 0 bridgehead atoms. The van der Waals surface area contributed by atoms with Gasteiger partial charge >= 0.3 is 0 Å². The minimum Gasteiger partial charge on any atom is -0.356 e. The molecule has 4 heterocycles. The number of fused-ring (bicyclic) bond motifs is 6. The van der Waals surface area contributed by atoms with Gasteiger partial charge in [0.15, 0.2) is 12.4 Å². The van der Waals surface area contributed by atoms with E-state index < -0.39 is 10.2 Å². The van der Waals surface area contributed by atoms with E-state index in [1.54, 1.807) is 0 Å². The van der Waals surface area contributed by atoms with Crippen LogP contribution in [-0.2, 0) is 0 Å². The average Bonchev–Trinajstić information content (AvgIpc) is 2.88. The third-order valence-electron chi connectivity index (χ3n) is 4.81. The molecule has 2 aromatic carbocycles. The van der Waals surface area contributed by atoms with Crippen molar-refractivity contribution in [3.05, 3.63) is 128 Å². The molecule has 6 rings (SSSR count). The molecule has 0 saturated carbocycles. The monoisotopic (exact) mass is 486 g/mol. The quantitative estimate of drug-likeness (QED) is 0.175. The Hall–Kier alpha value is -5.52. The molecule has 0 aliphatic heterocycles. The second-order valence-corrected chi connectivity index (χ2v) is 7.00. The van der Waals surface area contributed by atoms with Gasteiger partial charge in [0, 0.05) is 46.1 Å². The fourth-order valence-electron chi connectivity index (χ4n) is 3.47. The summed E-state index contributed by atoms with van der Waals surface area (Å²) in [4.78, 5) is 31.7. The lowest BCUT2D eigenvalue weighted by atomic mass is 10.1. The maximum Gasteiger partial charge on any atom is 0.237 e. The Kier molecular flexibility index (Phi) is 8.43. The zero-order valence-electron chi connectivity index (χ0n) is 18.5. The zero-order chi connectivity index (χ0) is 25.9. The Bertz CT molecular complexity index is 1410. The lowest BCUT2D eigenvalue weighted by Crippen LogP contribution is -2.02. The van der Waals surface area contributed by atoms with Crippen molar-refractivity contribution in [1.82, 2.24) is 9.97 Å². The third kappa shape index (κ3) is 6.74. The van der Waals surface area contributed by atoms with Crippen LogP contribution in [0.5, 0.6) is 0 Å². The number of aromatic nitrogens is 4. The minimum absolute atomic E-state index is 1.03. The molecule has 180 valence electrons. The van der Waals surface area contributed by atoms with Crippen LogP contribution in [0, 0.1) is 30.6 Å². The molecule has 0 fully saturated rings. The van der Waals surface area contributed by atoms with Crippen molar-refractivity contribution in [3.63, 3.8) is 0 Å². The van der Waals surface area contributed by atoms with Crippen LogP contribution in [0.25, 0.3) is 43.6 Å². The first kappa shape index (κ1) is 25.1. The van der Waals surface area contributed by atoms with Gasteiger partial charge < -0.3 is 30.6 Å². The minimum atomic E-state index is -1.75. The molecule has 0 aliphatic carbocycles.